The van der Waals surface area contributed by atoms with Crippen molar-refractivity contribution in [2.45, 2.75) is 39.3 Å². The van der Waals surface area contributed by atoms with Gasteiger partial charge >= 0.3 is 0 Å². The molecule has 154 valence electrons. The Bertz CT molecular complexity index is 950. The highest BCUT2D eigenvalue weighted by Gasteiger charge is 2.24. The molecule has 0 fully saturated rings. The summed E-state index contributed by atoms with van der Waals surface area (Å²) in [5.41, 5.74) is 1.87. The maximum absolute atomic E-state index is 12.6. The number of nitro benzene ring substituents is 1. The van der Waals surface area contributed by atoms with Crippen molar-refractivity contribution in [1.82, 2.24) is 0 Å². The van der Waals surface area contributed by atoms with Crippen LogP contribution < -0.4 is 20.1 Å². The summed E-state index contributed by atoms with van der Waals surface area (Å²) in [4.78, 5) is 22.9. The van der Waals surface area contributed by atoms with Crippen LogP contribution in [-0.4, -0.2) is 29.6 Å². The van der Waals surface area contributed by atoms with Crippen LogP contribution in [0.15, 0.2) is 30.3 Å². The lowest BCUT2D eigenvalue weighted by Crippen LogP contribution is -2.32. The molecule has 8 nitrogen and oxygen atoms in total. The number of carbonyl (C=O) groups excluding carboxylic acids is 1. The van der Waals surface area contributed by atoms with Gasteiger partial charge in [0.25, 0.3) is 5.69 Å². The first kappa shape index (κ1) is 20.7. The van der Waals surface area contributed by atoms with E-state index in [1.165, 1.54) is 18.2 Å². The van der Waals surface area contributed by atoms with E-state index in [1.54, 1.807) is 6.92 Å². The van der Waals surface area contributed by atoms with Crippen LogP contribution in [-0.2, 0) is 11.2 Å². The number of ether oxygens (including phenoxy) is 2. The second-order valence-corrected chi connectivity index (χ2v) is 7.21. The predicted octanol–water partition coefficient (Wildman–Crippen LogP) is 4.41. The van der Waals surface area contributed by atoms with Crippen molar-refractivity contribution < 1.29 is 19.2 Å². The molecule has 0 unspecified atom stereocenters. The molecule has 0 aromatic heterocycles. The standard InChI is InChI=1S/C20H22ClN3O5/c1-4-28-19-8-13-7-11(2)29-18(13)10-17(19)22-12(3)20(25)23-16-6-5-14(24(26)27)9-15(16)21/h5-6,8-12,22H,4,7H2,1-3H3,(H,23,25)/t11-,12-/m1/s1. The number of nitrogens with one attached hydrogen (secondary N) is 2. The summed E-state index contributed by atoms with van der Waals surface area (Å²) in [6.45, 7) is 6.07. The van der Waals surface area contributed by atoms with E-state index in [1.807, 2.05) is 26.0 Å². The van der Waals surface area contributed by atoms with E-state index in [-0.39, 0.29) is 22.7 Å². The van der Waals surface area contributed by atoms with Gasteiger partial charge < -0.3 is 20.1 Å². The summed E-state index contributed by atoms with van der Waals surface area (Å²) in [7, 11) is 0. The molecule has 1 aliphatic rings. The Labute approximate surface area is 173 Å². The summed E-state index contributed by atoms with van der Waals surface area (Å²) in [6, 6.07) is 7.03. The number of halogens is 1. The minimum Gasteiger partial charge on any atom is -0.492 e. The van der Waals surface area contributed by atoms with Crippen molar-refractivity contribution in [3.05, 3.63) is 51.0 Å². The van der Waals surface area contributed by atoms with Crippen LogP contribution in [0.25, 0.3) is 0 Å². The normalized spacial score (nSPS) is 15.8. The van der Waals surface area contributed by atoms with E-state index in [0.29, 0.717) is 23.7 Å². The zero-order chi connectivity index (χ0) is 21.1. The summed E-state index contributed by atoms with van der Waals surface area (Å²) in [5.74, 6) is 1.07. The van der Waals surface area contributed by atoms with Crippen molar-refractivity contribution >= 4 is 34.6 Å². The van der Waals surface area contributed by atoms with E-state index in [9.17, 15) is 14.9 Å². The first-order chi connectivity index (χ1) is 13.8. The molecule has 0 saturated heterocycles. The number of nitro groups is 1. The second-order valence-electron chi connectivity index (χ2n) is 6.80. The predicted molar refractivity (Wildman–Crippen MR) is 111 cm³/mol. The Balaban J connectivity index is 1.74. The Hall–Kier alpha value is -3.00. The Morgan fingerprint density at radius 3 is 2.79 bits per heavy atom. The highest BCUT2D eigenvalue weighted by molar-refractivity contribution is 6.34. The fraction of sp³-hybridized carbons (Fsp3) is 0.350. The van der Waals surface area contributed by atoms with E-state index < -0.39 is 11.0 Å². The first-order valence-corrected chi connectivity index (χ1v) is 9.64. The molecule has 0 aliphatic carbocycles. The fourth-order valence-corrected chi connectivity index (χ4v) is 3.31. The molecule has 2 N–H and O–H groups in total. The van der Waals surface area contributed by atoms with Gasteiger partial charge in [-0.3, -0.25) is 14.9 Å². The molecule has 2 aromatic rings. The average Bonchev–Trinajstić information content (AvgIpc) is 3.02. The van der Waals surface area contributed by atoms with Crippen LogP contribution >= 0.6 is 11.6 Å². The molecule has 0 saturated carbocycles. The monoisotopic (exact) mass is 419 g/mol. The number of amides is 1. The van der Waals surface area contributed by atoms with Crippen LogP contribution in [0.1, 0.15) is 26.3 Å². The molecule has 1 amide bonds. The maximum atomic E-state index is 12.6. The van der Waals surface area contributed by atoms with Crippen LogP contribution in [0.3, 0.4) is 0 Å². The minimum atomic E-state index is -0.627. The lowest BCUT2D eigenvalue weighted by atomic mass is 10.1. The number of nitrogens with zero attached hydrogens (tertiary/aromatic N) is 1. The quantitative estimate of drug-likeness (QED) is 0.509. The van der Waals surface area contributed by atoms with Crippen molar-refractivity contribution in [3.63, 3.8) is 0 Å². The fourth-order valence-electron chi connectivity index (χ4n) is 3.09. The molecular weight excluding hydrogens is 398 g/mol. The van der Waals surface area contributed by atoms with Gasteiger partial charge in [-0.05, 0) is 32.9 Å². The number of rotatable bonds is 7. The number of hydrogen-bond acceptors (Lipinski definition) is 6. The lowest BCUT2D eigenvalue weighted by Gasteiger charge is -2.19. The van der Waals surface area contributed by atoms with Gasteiger partial charge in [-0.2, -0.15) is 0 Å². The van der Waals surface area contributed by atoms with Gasteiger partial charge in [0, 0.05) is 30.2 Å². The van der Waals surface area contributed by atoms with Crippen LogP contribution in [0.5, 0.6) is 11.5 Å². The van der Waals surface area contributed by atoms with Crippen molar-refractivity contribution in [3.8, 4) is 11.5 Å². The third-order valence-corrected chi connectivity index (χ3v) is 4.80. The van der Waals surface area contributed by atoms with Gasteiger partial charge in [-0.1, -0.05) is 11.6 Å². The van der Waals surface area contributed by atoms with E-state index in [0.717, 1.165) is 17.7 Å². The van der Waals surface area contributed by atoms with Gasteiger partial charge in [0.15, 0.2) is 0 Å². The highest BCUT2D eigenvalue weighted by atomic mass is 35.5. The number of non-ortho nitro benzene ring substituents is 1. The molecule has 2 atom stereocenters. The van der Waals surface area contributed by atoms with Crippen molar-refractivity contribution in [2.24, 2.45) is 0 Å². The topological polar surface area (TPSA) is 103 Å². The minimum absolute atomic E-state index is 0.0923. The van der Waals surface area contributed by atoms with Gasteiger partial charge in [-0.25, -0.2) is 0 Å². The third-order valence-electron chi connectivity index (χ3n) is 4.48. The molecule has 0 bridgehead atoms. The van der Waals surface area contributed by atoms with Gasteiger partial charge in [0.2, 0.25) is 5.91 Å². The second kappa shape index (κ2) is 8.57. The Kier molecular flexibility index (Phi) is 6.12. The zero-order valence-corrected chi connectivity index (χ0v) is 17.1. The molecule has 3 rings (SSSR count). The molecule has 9 heteroatoms. The highest BCUT2D eigenvalue weighted by Crippen LogP contribution is 2.38. The summed E-state index contributed by atoms with van der Waals surface area (Å²) >= 11 is 6.05. The number of carbonyl (C=O) groups is 1. The zero-order valence-electron chi connectivity index (χ0n) is 16.3. The number of benzene rings is 2. The SMILES string of the molecule is CCOc1cc2c(cc1N[C@H](C)C(=O)Nc1ccc([N+](=O)[O-])cc1Cl)O[C@H](C)C2. The van der Waals surface area contributed by atoms with E-state index >= 15 is 0 Å². The van der Waals surface area contributed by atoms with Gasteiger partial charge in [0.05, 0.1) is 27.9 Å². The van der Waals surface area contributed by atoms with E-state index in [4.69, 9.17) is 21.1 Å². The van der Waals surface area contributed by atoms with Gasteiger partial charge in [0.1, 0.15) is 23.6 Å². The molecular formula is C20H22ClN3O5. The van der Waals surface area contributed by atoms with Crippen molar-refractivity contribution in [1.29, 1.82) is 0 Å². The summed E-state index contributed by atoms with van der Waals surface area (Å²) in [5, 5.41) is 16.7. The Morgan fingerprint density at radius 1 is 1.38 bits per heavy atom. The molecule has 29 heavy (non-hydrogen) atoms. The number of fused-ring (bicyclic) bond motifs is 1. The van der Waals surface area contributed by atoms with Crippen LogP contribution in [0.4, 0.5) is 17.1 Å². The van der Waals surface area contributed by atoms with Gasteiger partial charge in [-0.15, -0.1) is 0 Å². The van der Waals surface area contributed by atoms with Crippen LogP contribution in [0.2, 0.25) is 5.02 Å². The van der Waals surface area contributed by atoms with Crippen LogP contribution in [0, 0.1) is 10.1 Å². The lowest BCUT2D eigenvalue weighted by molar-refractivity contribution is -0.384. The summed E-state index contributed by atoms with van der Waals surface area (Å²) < 4.78 is 11.5. The number of anilines is 2. The Morgan fingerprint density at radius 2 is 2.14 bits per heavy atom. The molecule has 1 heterocycles. The molecule has 0 radical (unpaired) electrons. The largest absolute Gasteiger partial charge is 0.492 e. The average molecular weight is 420 g/mol. The molecule has 0 spiro atoms. The van der Waals surface area contributed by atoms with E-state index in [2.05, 4.69) is 10.6 Å². The molecule has 1 aliphatic heterocycles. The van der Waals surface area contributed by atoms with Crippen molar-refractivity contribution in [2.75, 3.05) is 17.2 Å². The third kappa shape index (κ3) is 4.71. The molecule has 2 aromatic carbocycles. The maximum Gasteiger partial charge on any atom is 0.271 e. The first-order valence-electron chi connectivity index (χ1n) is 9.26. The smallest absolute Gasteiger partial charge is 0.271 e. The number of hydrogen-bond donors (Lipinski definition) is 2. The summed E-state index contributed by atoms with van der Waals surface area (Å²) in [6.07, 6.45) is 0.907.